The number of fused-ring (bicyclic) bond motifs is 1. The lowest BCUT2D eigenvalue weighted by Gasteiger charge is -2.08. The first-order valence-corrected chi connectivity index (χ1v) is 9.44. The molecule has 0 aliphatic rings. The Labute approximate surface area is 152 Å². The first-order chi connectivity index (χ1) is 12.2. The number of amides is 2. The Kier molecular flexibility index (Phi) is 5.62. The van der Waals surface area contributed by atoms with Gasteiger partial charge in [0.05, 0.1) is 22.8 Å². The molecule has 0 bridgehead atoms. The van der Waals surface area contributed by atoms with Crippen molar-refractivity contribution in [1.29, 1.82) is 0 Å². The van der Waals surface area contributed by atoms with E-state index < -0.39 is 12.0 Å². The second-order valence-corrected chi connectivity index (χ2v) is 6.82. The van der Waals surface area contributed by atoms with Crippen molar-refractivity contribution in [3.05, 3.63) is 41.8 Å². The van der Waals surface area contributed by atoms with Gasteiger partial charge in [-0.05, 0) is 24.4 Å². The number of nitrogens with one attached hydrogen (secondary N) is 1. The van der Waals surface area contributed by atoms with E-state index in [9.17, 15) is 9.59 Å². The Hall–Kier alpha value is -2.45. The molecule has 0 unspecified atom stereocenters. The number of carbonyl (C=O) groups excluding carboxylic acids is 2. The number of rotatable bonds is 5. The van der Waals surface area contributed by atoms with Crippen molar-refractivity contribution in [2.75, 3.05) is 12.4 Å². The molecular weight excluding hydrogens is 358 g/mol. The van der Waals surface area contributed by atoms with E-state index in [2.05, 4.69) is 15.3 Å². The Morgan fingerprint density at radius 1 is 1.20 bits per heavy atom. The largest absolute Gasteiger partial charge is 0.450 e. The van der Waals surface area contributed by atoms with Crippen LogP contribution in [0.1, 0.15) is 6.92 Å². The molecule has 0 radical (unpaired) electrons. The maximum absolute atomic E-state index is 11.9. The third kappa shape index (κ3) is 4.34. The van der Waals surface area contributed by atoms with Crippen LogP contribution < -0.4 is 5.32 Å². The molecule has 6 nitrogen and oxygen atoms in total. The van der Waals surface area contributed by atoms with Gasteiger partial charge in [-0.1, -0.05) is 36.0 Å². The van der Waals surface area contributed by atoms with Gasteiger partial charge in [0.25, 0.3) is 0 Å². The molecule has 0 aliphatic heterocycles. The molecule has 0 saturated heterocycles. The number of carbonyl (C=O) groups is 2. The first-order valence-electron chi connectivity index (χ1n) is 7.57. The smallest absolute Gasteiger partial charge is 0.413 e. The molecule has 128 valence electrons. The molecule has 8 heteroatoms. The van der Waals surface area contributed by atoms with Gasteiger partial charge in [0.1, 0.15) is 5.03 Å². The van der Waals surface area contributed by atoms with E-state index in [-0.39, 0.29) is 12.4 Å². The lowest BCUT2D eigenvalue weighted by Crippen LogP contribution is -2.32. The van der Waals surface area contributed by atoms with Crippen molar-refractivity contribution in [2.24, 2.45) is 0 Å². The summed E-state index contributed by atoms with van der Waals surface area (Å²) < 4.78 is 4.70. The number of hydrogen-bond acceptors (Lipinski definition) is 7. The summed E-state index contributed by atoms with van der Waals surface area (Å²) in [4.78, 5) is 33.3. The highest BCUT2D eigenvalue weighted by Crippen LogP contribution is 2.29. The number of thiophene rings is 1. The molecule has 25 heavy (non-hydrogen) atoms. The molecule has 1 aromatic carbocycles. The van der Waals surface area contributed by atoms with Crippen LogP contribution >= 0.6 is 23.1 Å². The number of alkyl carbamates (subject to hydrolysis) is 1. The number of hydrogen-bond donors (Lipinski definition) is 1. The standard InChI is InChI=1S/C17H15N3O3S2/c1-2-23-17(22)19-14(21)10-25-16-11-6-3-4-7-12(11)18-15(20-16)13-8-5-9-24-13/h3-9H,2,10H2,1H3,(H,19,21,22). The zero-order chi connectivity index (χ0) is 17.6. The van der Waals surface area contributed by atoms with Gasteiger partial charge in [0.2, 0.25) is 5.91 Å². The minimum absolute atomic E-state index is 0.0592. The summed E-state index contributed by atoms with van der Waals surface area (Å²) in [6.45, 7) is 1.89. The van der Waals surface area contributed by atoms with E-state index in [1.807, 2.05) is 41.8 Å². The SMILES string of the molecule is CCOC(=O)NC(=O)CSc1nc(-c2cccs2)nc2ccccc12. The number of benzene rings is 1. The van der Waals surface area contributed by atoms with E-state index >= 15 is 0 Å². The Morgan fingerprint density at radius 3 is 2.80 bits per heavy atom. The summed E-state index contributed by atoms with van der Waals surface area (Å²) in [6, 6.07) is 11.5. The van der Waals surface area contributed by atoms with Gasteiger partial charge in [-0.2, -0.15) is 0 Å². The zero-order valence-electron chi connectivity index (χ0n) is 13.4. The fourth-order valence-electron chi connectivity index (χ4n) is 2.12. The molecule has 2 aromatic heterocycles. The van der Waals surface area contributed by atoms with Gasteiger partial charge in [0.15, 0.2) is 5.82 Å². The molecule has 3 rings (SSSR count). The van der Waals surface area contributed by atoms with E-state index in [1.54, 1.807) is 18.3 Å². The van der Waals surface area contributed by atoms with Crippen LogP contribution in [-0.2, 0) is 9.53 Å². The van der Waals surface area contributed by atoms with Crippen LogP contribution in [0.5, 0.6) is 0 Å². The third-order valence-electron chi connectivity index (χ3n) is 3.17. The average molecular weight is 373 g/mol. The summed E-state index contributed by atoms with van der Waals surface area (Å²) in [7, 11) is 0. The van der Waals surface area contributed by atoms with Crippen molar-refractivity contribution in [2.45, 2.75) is 11.9 Å². The molecule has 0 saturated carbocycles. The Morgan fingerprint density at radius 2 is 2.04 bits per heavy atom. The number of thioether (sulfide) groups is 1. The van der Waals surface area contributed by atoms with Crippen LogP contribution in [-0.4, -0.2) is 34.3 Å². The minimum atomic E-state index is -0.736. The molecule has 0 atom stereocenters. The van der Waals surface area contributed by atoms with Gasteiger partial charge in [0, 0.05) is 5.39 Å². The maximum Gasteiger partial charge on any atom is 0.413 e. The molecule has 3 aromatic rings. The highest BCUT2D eigenvalue weighted by Gasteiger charge is 2.13. The van der Waals surface area contributed by atoms with Crippen LogP contribution in [0.4, 0.5) is 4.79 Å². The van der Waals surface area contributed by atoms with E-state index in [1.165, 1.54) is 11.8 Å². The summed E-state index contributed by atoms with van der Waals surface area (Å²) >= 11 is 2.82. The highest BCUT2D eigenvalue weighted by molar-refractivity contribution is 8.00. The maximum atomic E-state index is 11.9. The Balaban J connectivity index is 1.82. The third-order valence-corrected chi connectivity index (χ3v) is 5.02. The number of nitrogens with zero attached hydrogens (tertiary/aromatic N) is 2. The van der Waals surface area contributed by atoms with Crippen LogP contribution in [0, 0.1) is 0 Å². The normalized spacial score (nSPS) is 10.6. The van der Waals surface area contributed by atoms with Crippen molar-refractivity contribution in [1.82, 2.24) is 15.3 Å². The van der Waals surface area contributed by atoms with Crippen molar-refractivity contribution in [3.63, 3.8) is 0 Å². The van der Waals surface area contributed by atoms with E-state index in [0.717, 1.165) is 15.8 Å². The molecule has 2 amide bonds. The monoisotopic (exact) mass is 373 g/mol. The van der Waals surface area contributed by atoms with Crippen LogP contribution in [0.3, 0.4) is 0 Å². The lowest BCUT2D eigenvalue weighted by molar-refractivity contribution is -0.117. The topological polar surface area (TPSA) is 81.2 Å². The van der Waals surface area contributed by atoms with Gasteiger partial charge >= 0.3 is 6.09 Å². The molecule has 0 aliphatic carbocycles. The quantitative estimate of drug-likeness (QED) is 0.542. The van der Waals surface area contributed by atoms with Crippen LogP contribution in [0.2, 0.25) is 0 Å². The van der Waals surface area contributed by atoms with Gasteiger partial charge in [-0.3, -0.25) is 10.1 Å². The fraction of sp³-hybridized carbons (Fsp3) is 0.176. The summed E-state index contributed by atoms with van der Waals surface area (Å²) in [5, 5.41) is 5.72. The number of imide groups is 1. The first kappa shape index (κ1) is 17.4. The Bertz CT molecular complexity index is 897. The molecule has 0 fully saturated rings. The lowest BCUT2D eigenvalue weighted by atomic mass is 10.2. The van der Waals surface area contributed by atoms with Crippen molar-refractivity contribution >= 4 is 46.0 Å². The average Bonchev–Trinajstić information content (AvgIpc) is 3.14. The molecule has 1 N–H and O–H groups in total. The van der Waals surface area contributed by atoms with E-state index in [4.69, 9.17) is 4.74 Å². The molecule has 2 heterocycles. The summed E-state index contributed by atoms with van der Waals surface area (Å²) in [5.74, 6) is 0.259. The fourth-order valence-corrected chi connectivity index (χ4v) is 3.60. The second kappa shape index (κ2) is 8.09. The predicted octanol–water partition coefficient (Wildman–Crippen LogP) is 3.72. The summed E-state index contributed by atoms with van der Waals surface area (Å²) in [5.41, 5.74) is 0.814. The second-order valence-electron chi connectivity index (χ2n) is 4.90. The van der Waals surface area contributed by atoms with Gasteiger partial charge in [-0.15, -0.1) is 11.3 Å². The number of aromatic nitrogens is 2. The molecular formula is C17H15N3O3S2. The van der Waals surface area contributed by atoms with Crippen molar-refractivity contribution in [3.8, 4) is 10.7 Å². The van der Waals surface area contributed by atoms with E-state index in [0.29, 0.717) is 10.9 Å². The van der Waals surface area contributed by atoms with Crippen LogP contribution in [0.15, 0.2) is 46.8 Å². The minimum Gasteiger partial charge on any atom is -0.450 e. The van der Waals surface area contributed by atoms with Crippen LogP contribution in [0.25, 0.3) is 21.6 Å². The van der Waals surface area contributed by atoms with Gasteiger partial charge < -0.3 is 4.74 Å². The number of ether oxygens (including phenoxy) is 1. The van der Waals surface area contributed by atoms with Crippen molar-refractivity contribution < 1.29 is 14.3 Å². The number of para-hydroxylation sites is 1. The highest BCUT2D eigenvalue weighted by atomic mass is 32.2. The zero-order valence-corrected chi connectivity index (χ0v) is 15.0. The summed E-state index contributed by atoms with van der Waals surface area (Å²) in [6.07, 6.45) is -0.736. The predicted molar refractivity (Wildman–Crippen MR) is 98.7 cm³/mol. The van der Waals surface area contributed by atoms with Gasteiger partial charge in [-0.25, -0.2) is 14.8 Å². The molecule has 0 spiro atoms.